The quantitative estimate of drug-likeness (QED) is 0.768. The highest BCUT2D eigenvalue weighted by Crippen LogP contribution is 2.10. The highest BCUT2D eigenvalue weighted by Gasteiger charge is 2.12. The van der Waals surface area contributed by atoms with Gasteiger partial charge >= 0.3 is 5.97 Å². The van der Waals surface area contributed by atoms with Crippen molar-refractivity contribution in [3.63, 3.8) is 0 Å². The standard InChI is InChI=1S/C13H20N2O3S/c1-3-4-5-9(2)12(16)14-7-6-11-15-10(8-19-11)13(17)18/h8-9H,3-7H2,1-2H3,(H,14,16)(H,17,18). The molecule has 0 bridgehead atoms. The number of aromatic carboxylic acids is 1. The number of hydrogen-bond acceptors (Lipinski definition) is 4. The van der Waals surface area contributed by atoms with Crippen molar-refractivity contribution in [3.05, 3.63) is 16.1 Å². The monoisotopic (exact) mass is 284 g/mol. The van der Waals surface area contributed by atoms with Crippen LogP contribution in [0.2, 0.25) is 0 Å². The van der Waals surface area contributed by atoms with Crippen LogP contribution in [0.3, 0.4) is 0 Å². The van der Waals surface area contributed by atoms with E-state index in [2.05, 4.69) is 17.2 Å². The summed E-state index contributed by atoms with van der Waals surface area (Å²) >= 11 is 1.31. The van der Waals surface area contributed by atoms with Crippen molar-refractivity contribution < 1.29 is 14.7 Å². The predicted octanol–water partition coefficient (Wildman–Crippen LogP) is 2.33. The van der Waals surface area contributed by atoms with Crippen LogP contribution >= 0.6 is 11.3 Å². The summed E-state index contributed by atoms with van der Waals surface area (Å²) in [6.45, 7) is 4.53. The minimum atomic E-state index is -1.01. The number of nitrogens with one attached hydrogen (secondary N) is 1. The lowest BCUT2D eigenvalue weighted by molar-refractivity contribution is -0.124. The third-order valence-corrected chi connectivity index (χ3v) is 3.76. The van der Waals surface area contributed by atoms with E-state index in [1.807, 2.05) is 6.92 Å². The first-order chi connectivity index (χ1) is 9.04. The van der Waals surface area contributed by atoms with Crippen molar-refractivity contribution in [2.45, 2.75) is 39.5 Å². The van der Waals surface area contributed by atoms with Crippen LogP contribution in [0.1, 0.15) is 48.6 Å². The van der Waals surface area contributed by atoms with E-state index in [1.165, 1.54) is 16.7 Å². The fourth-order valence-corrected chi connectivity index (χ4v) is 2.40. The lowest BCUT2D eigenvalue weighted by atomic mass is 10.0. The molecule has 0 fully saturated rings. The number of carboxylic acid groups (broad SMARTS) is 1. The molecular weight excluding hydrogens is 264 g/mol. The van der Waals surface area contributed by atoms with E-state index in [0.717, 1.165) is 24.3 Å². The van der Waals surface area contributed by atoms with Gasteiger partial charge in [0.1, 0.15) is 0 Å². The second-order valence-electron chi connectivity index (χ2n) is 4.52. The summed E-state index contributed by atoms with van der Waals surface area (Å²) in [5.41, 5.74) is 0.0719. The molecule has 1 aromatic rings. The Kier molecular flexibility index (Phi) is 6.49. The molecule has 5 nitrogen and oxygen atoms in total. The maximum atomic E-state index is 11.7. The van der Waals surface area contributed by atoms with Crippen molar-refractivity contribution in [2.75, 3.05) is 6.54 Å². The third kappa shape index (κ3) is 5.38. The zero-order chi connectivity index (χ0) is 14.3. The minimum Gasteiger partial charge on any atom is -0.476 e. The molecule has 0 saturated carbocycles. The summed E-state index contributed by atoms with van der Waals surface area (Å²) in [5.74, 6) is -0.922. The molecule has 2 N–H and O–H groups in total. The number of nitrogens with zero attached hydrogens (tertiary/aromatic N) is 1. The Morgan fingerprint density at radius 2 is 2.26 bits per heavy atom. The van der Waals surface area contributed by atoms with Gasteiger partial charge in [0.05, 0.1) is 5.01 Å². The molecule has 0 aliphatic carbocycles. The molecule has 0 spiro atoms. The van der Waals surface area contributed by atoms with Gasteiger partial charge in [-0.2, -0.15) is 0 Å². The van der Waals surface area contributed by atoms with Crippen molar-refractivity contribution in [3.8, 4) is 0 Å². The van der Waals surface area contributed by atoms with Gasteiger partial charge < -0.3 is 10.4 Å². The molecular formula is C13H20N2O3S. The second kappa shape index (κ2) is 7.89. The maximum absolute atomic E-state index is 11.7. The van der Waals surface area contributed by atoms with Gasteiger partial charge in [0.25, 0.3) is 0 Å². The van der Waals surface area contributed by atoms with E-state index in [4.69, 9.17) is 5.11 Å². The number of amides is 1. The van der Waals surface area contributed by atoms with E-state index in [-0.39, 0.29) is 17.5 Å². The van der Waals surface area contributed by atoms with E-state index >= 15 is 0 Å². The van der Waals surface area contributed by atoms with Gasteiger partial charge in [-0.3, -0.25) is 4.79 Å². The minimum absolute atomic E-state index is 0.0332. The molecule has 106 valence electrons. The summed E-state index contributed by atoms with van der Waals surface area (Å²) < 4.78 is 0. The second-order valence-corrected chi connectivity index (χ2v) is 5.46. The first-order valence-electron chi connectivity index (χ1n) is 6.50. The molecule has 1 rings (SSSR count). The normalized spacial score (nSPS) is 12.1. The van der Waals surface area contributed by atoms with E-state index in [1.54, 1.807) is 0 Å². The number of carbonyl (C=O) groups is 2. The molecule has 0 radical (unpaired) electrons. The van der Waals surface area contributed by atoms with Gasteiger partial charge in [-0.05, 0) is 6.42 Å². The Labute approximate surface area is 117 Å². The molecule has 1 amide bonds. The van der Waals surface area contributed by atoms with Crippen LogP contribution < -0.4 is 5.32 Å². The zero-order valence-corrected chi connectivity index (χ0v) is 12.1. The van der Waals surface area contributed by atoms with Crippen LogP contribution in [-0.2, 0) is 11.2 Å². The average Bonchev–Trinajstić information content (AvgIpc) is 2.84. The van der Waals surface area contributed by atoms with Gasteiger partial charge in [0.15, 0.2) is 5.69 Å². The highest BCUT2D eigenvalue weighted by atomic mass is 32.1. The van der Waals surface area contributed by atoms with Gasteiger partial charge in [0.2, 0.25) is 5.91 Å². The van der Waals surface area contributed by atoms with Crippen LogP contribution in [0.4, 0.5) is 0 Å². The zero-order valence-electron chi connectivity index (χ0n) is 11.3. The average molecular weight is 284 g/mol. The Bertz CT molecular complexity index is 431. The number of unbranched alkanes of at least 4 members (excludes halogenated alkanes) is 1. The molecule has 0 aromatic carbocycles. The number of thiazole rings is 1. The Hall–Kier alpha value is -1.43. The summed E-state index contributed by atoms with van der Waals surface area (Å²) in [4.78, 5) is 26.4. The number of aromatic nitrogens is 1. The van der Waals surface area contributed by atoms with Gasteiger partial charge in [-0.25, -0.2) is 9.78 Å². The smallest absolute Gasteiger partial charge is 0.355 e. The number of rotatable bonds is 8. The van der Waals surface area contributed by atoms with Crippen LogP contribution in [0.25, 0.3) is 0 Å². The summed E-state index contributed by atoms with van der Waals surface area (Å²) in [5, 5.41) is 13.9. The van der Waals surface area contributed by atoms with Crippen LogP contribution in [0.5, 0.6) is 0 Å². The highest BCUT2D eigenvalue weighted by molar-refractivity contribution is 7.09. The Morgan fingerprint density at radius 3 is 2.84 bits per heavy atom. The lowest BCUT2D eigenvalue weighted by Gasteiger charge is -2.10. The first kappa shape index (κ1) is 15.6. The predicted molar refractivity (Wildman–Crippen MR) is 74.5 cm³/mol. The fraction of sp³-hybridized carbons (Fsp3) is 0.615. The van der Waals surface area contributed by atoms with E-state index in [0.29, 0.717) is 13.0 Å². The van der Waals surface area contributed by atoms with Crippen molar-refractivity contribution >= 4 is 23.2 Å². The molecule has 0 saturated heterocycles. The van der Waals surface area contributed by atoms with E-state index in [9.17, 15) is 9.59 Å². The Balaban J connectivity index is 2.29. The molecule has 6 heteroatoms. The van der Waals surface area contributed by atoms with Gasteiger partial charge in [-0.15, -0.1) is 11.3 Å². The number of hydrogen-bond donors (Lipinski definition) is 2. The third-order valence-electron chi connectivity index (χ3n) is 2.85. The van der Waals surface area contributed by atoms with E-state index < -0.39 is 5.97 Å². The van der Waals surface area contributed by atoms with Crippen LogP contribution in [0, 0.1) is 5.92 Å². The number of carboxylic acids is 1. The lowest BCUT2D eigenvalue weighted by Crippen LogP contribution is -2.30. The molecule has 0 aliphatic heterocycles. The van der Waals surface area contributed by atoms with Crippen molar-refractivity contribution in [1.29, 1.82) is 0 Å². The number of carbonyl (C=O) groups excluding carboxylic acids is 1. The molecule has 1 heterocycles. The largest absolute Gasteiger partial charge is 0.476 e. The molecule has 1 aromatic heterocycles. The fourth-order valence-electron chi connectivity index (χ4n) is 1.63. The maximum Gasteiger partial charge on any atom is 0.355 e. The molecule has 1 unspecified atom stereocenters. The van der Waals surface area contributed by atoms with Crippen molar-refractivity contribution in [1.82, 2.24) is 10.3 Å². The van der Waals surface area contributed by atoms with Crippen molar-refractivity contribution in [2.24, 2.45) is 5.92 Å². The topological polar surface area (TPSA) is 79.3 Å². The molecule has 1 atom stereocenters. The first-order valence-corrected chi connectivity index (χ1v) is 7.38. The van der Waals surface area contributed by atoms with Gasteiger partial charge in [-0.1, -0.05) is 26.7 Å². The van der Waals surface area contributed by atoms with Crippen LogP contribution in [0.15, 0.2) is 5.38 Å². The molecule has 0 aliphatic rings. The summed E-state index contributed by atoms with van der Waals surface area (Å²) in [6, 6.07) is 0. The summed E-state index contributed by atoms with van der Waals surface area (Å²) in [7, 11) is 0. The van der Waals surface area contributed by atoms with Crippen LogP contribution in [-0.4, -0.2) is 28.5 Å². The Morgan fingerprint density at radius 1 is 1.53 bits per heavy atom. The summed E-state index contributed by atoms with van der Waals surface area (Å²) in [6.07, 6.45) is 3.63. The van der Waals surface area contributed by atoms with Gasteiger partial charge in [0, 0.05) is 24.3 Å². The SMILES string of the molecule is CCCCC(C)C(=O)NCCc1nc(C(=O)O)cs1. The molecule has 19 heavy (non-hydrogen) atoms.